The van der Waals surface area contributed by atoms with Gasteiger partial charge in [0.2, 0.25) is 5.91 Å². The Hall–Kier alpha value is -3.35. The van der Waals surface area contributed by atoms with Crippen LogP contribution >= 0.6 is 0 Å². The molecule has 0 heterocycles. The number of hydrogen-bond acceptors (Lipinski definition) is 4. The number of anilines is 2. The number of carbonyl (C=O) groups excluding carboxylic acids is 2. The van der Waals surface area contributed by atoms with Gasteiger partial charge in [0.1, 0.15) is 11.3 Å². The molecule has 0 saturated heterocycles. The van der Waals surface area contributed by atoms with Crippen molar-refractivity contribution in [1.82, 2.24) is 0 Å². The van der Waals surface area contributed by atoms with Crippen LogP contribution in [0.4, 0.5) is 11.4 Å². The number of rotatable bonds is 7. The minimum absolute atomic E-state index is 0.0501. The van der Waals surface area contributed by atoms with Crippen molar-refractivity contribution in [2.45, 2.75) is 26.7 Å². The molecule has 0 fully saturated rings. The summed E-state index contributed by atoms with van der Waals surface area (Å²) in [6.07, 6.45) is 1.52. The highest BCUT2D eigenvalue weighted by Crippen LogP contribution is 2.22. The van der Waals surface area contributed by atoms with E-state index in [1.54, 1.807) is 24.3 Å². The number of aromatic carboxylic acids is 1. The van der Waals surface area contributed by atoms with E-state index in [0.717, 1.165) is 12.8 Å². The van der Waals surface area contributed by atoms with E-state index in [0.29, 0.717) is 11.3 Å². The number of benzene rings is 2. The highest BCUT2D eigenvalue weighted by Gasteiger charge is 2.15. The Kier molecular flexibility index (Phi) is 6.54. The molecule has 7 heteroatoms. The van der Waals surface area contributed by atoms with Gasteiger partial charge in [0.05, 0.1) is 0 Å². The molecule has 0 atom stereocenters. The van der Waals surface area contributed by atoms with Crippen LogP contribution in [0.15, 0.2) is 42.5 Å². The summed E-state index contributed by atoms with van der Waals surface area (Å²) in [5, 5.41) is 23.9. The van der Waals surface area contributed by atoms with Gasteiger partial charge in [0.15, 0.2) is 0 Å². The van der Waals surface area contributed by atoms with Gasteiger partial charge in [-0.2, -0.15) is 0 Å². The summed E-state index contributed by atoms with van der Waals surface area (Å²) in [6.45, 7) is 3.92. The van der Waals surface area contributed by atoms with Crippen molar-refractivity contribution >= 4 is 29.2 Å². The van der Waals surface area contributed by atoms with Crippen LogP contribution in [-0.2, 0) is 4.79 Å². The lowest BCUT2D eigenvalue weighted by molar-refractivity contribution is -0.120. The van der Waals surface area contributed by atoms with E-state index < -0.39 is 11.9 Å². The van der Waals surface area contributed by atoms with Gasteiger partial charge >= 0.3 is 5.97 Å². The van der Waals surface area contributed by atoms with Crippen molar-refractivity contribution in [2.75, 3.05) is 10.6 Å². The van der Waals surface area contributed by atoms with Crippen LogP contribution < -0.4 is 10.6 Å². The largest absolute Gasteiger partial charge is 0.507 e. The third kappa shape index (κ3) is 5.07. The number of aromatic hydroxyl groups is 1. The average Bonchev–Trinajstić information content (AvgIpc) is 2.64. The predicted octanol–water partition coefficient (Wildman–Crippen LogP) is 3.72. The molecular formula is C20H22N2O5. The Balaban J connectivity index is 2.07. The molecule has 0 aliphatic heterocycles. The van der Waals surface area contributed by atoms with Gasteiger partial charge in [-0.1, -0.05) is 13.8 Å². The Labute approximate surface area is 157 Å². The molecule has 4 N–H and O–H groups in total. The molecule has 142 valence electrons. The zero-order valence-electron chi connectivity index (χ0n) is 15.2. The van der Waals surface area contributed by atoms with E-state index in [9.17, 15) is 19.5 Å². The predicted molar refractivity (Wildman–Crippen MR) is 102 cm³/mol. The Bertz CT molecular complexity index is 842. The number of hydrogen-bond donors (Lipinski definition) is 4. The lowest BCUT2D eigenvalue weighted by atomic mass is 10.0. The molecule has 2 amide bonds. The summed E-state index contributed by atoms with van der Waals surface area (Å²) in [5.41, 5.74) is 0.898. The average molecular weight is 370 g/mol. The summed E-state index contributed by atoms with van der Waals surface area (Å²) in [4.78, 5) is 35.4. The second kappa shape index (κ2) is 8.84. The lowest BCUT2D eigenvalue weighted by Crippen LogP contribution is -2.21. The molecule has 0 spiro atoms. The number of carbonyl (C=O) groups is 3. The SMILES string of the molecule is CCC(CC)C(=O)Nc1ccc(C(=O)Nc2ccc(O)c(C(=O)O)c2)cc1. The second-order valence-electron chi connectivity index (χ2n) is 6.07. The number of phenols is 1. The summed E-state index contributed by atoms with van der Waals surface area (Å²) < 4.78 is 0. The Morgan fingerprint density at radius 2 is 1.52 bits per heavy atom. The molecule has 0 aliphatic carbocycles. The van der Waals surface area contributed by atoms with Crippen molar-refractivity contribution in [3.63, 3.8) is 0 Å². The van der Waals surface area contributed by atoms with Gasteiger partial charge in [-0.3, -0.25) is 9.59 Å². The van der Waals surface area contributed by atoms with Crippen molar-refractivity contribution in [3.8, 4) is 5.75 Å². The first-order valence-electron chi connectivity index (χ1n) is 8.64. The van der Waals surface area contributed by atoms with Crippen LogP contribution in [0.5, 0.6) is 5.75 Å². The summed E-state index contributed by atoms with van der Waals surface area (Å²) in [6, 6.07) is 10.2. The van der Waals surface area contributed by atoms with Gasteiger partial charge in [0, 0.05) is 22.9 Å². The maximum absolute atomic E-state index is 12.3. The Morgan fingerprint density at radius 1 is 0.926 bits per heavy atom. The fourth-order valence-corrected chi connectivity index (χ4v) is 2.60. The summed E-state index contributed by atoms with van der Waals surface area (Å²) >= 11 is 0. The van der Waals surface area contributed by atoms with Crippen LogP contribution in [0.1, 0.15) is 47.4 Å². The van der Waals surface area contributed by atoms with Crippen molar-refractivity contribution in [1.29, 1.82) is 0 Å². The zero-order valence-corrected chi connectivity index (χ0v) is 15.2. The molecule has 2 aromatic carbocycles. The molecule has 0 radical (unpaired) electrons. The minimum atomic E-state index is -1.29. The molecule has 0 aliphatic rings. The van der Waals surface area contributed by atoms with Crippen LogP contribution in [0.3, 0.4) is 0 Å². The molecule has 27 heavy (non-hydrogen) atoms. The van der Waals surface area contributed by atoms with Gasteiger partial charge in [0.25, 0.3) is 5.91 Å². The smallest absolute Gasteiger partial charge is 0.339 e. The topological polar surface area (TPSA) is 116 Å². The summed E-state index contributed by atoms with van der Waals surface area (Å²) in [5.74, 6) is -2.21. The zero-order chi connectivity index (χ0) is 20.0. The first-order valence-corrected chi connectivity index (χ1v) is 8.64. The lowest BCUT2D eigenvalue weighted by Gasteiger charge is -2.13. The number of carboxylic acids is 1. The maximum Gasteiger partial charge on any atom is 0.339 e. The quantitative estimate of drug-likeness (QED) is 0.554. The van der Waals surface area contributed by atoms with E-state index >= 15 is 0 Å². The first kappa shape index (κ1) is 20.0. The molecule has 2 aromatic rings. The molecular weight excluding hydrogens is 348 g/mol. The van der Waals surface area contributed by atoms with Gasteiger partial charge in [-0.15, -0.1) is 0 Å². The summed E-state index contributed by atoms with van der Waals surface area (Å²) in [7, 11) is 0. The normalized spacial score (nSPS) is 10.5. The highest BCUT2D eigenvalue weighted by atomic mass is 16.4. The fraction of sp³-hybridized carbons (Fsp3) is 0.250. The van der Waals surface area contributed by atoms with Crippen molar-refractivity contribution < 1.29 is 24.6 Å². The number of amides is 2. The van der Waals surface area contributed by atoms with Crippen molar-refractivity contribution in [2.24, 2.45) is 5.92 Å². The van der Waals surface area contributed by atoms with Crippen molar-refractivity contribution in [3.05, 3.63) is 53.6 Å². The van der Waals surface area contributed by atoms with Crippen LogP contribution in [0.2, 0.25) is 0 Å². The van der Waals surface area contributed by atoms with Gasteiger partial charge < -0.3 is 20.8 Å². The first-order chi connectivity index (χ1) is 12.8. The molecule has 2 rings (SSSR count). The molecule has 7 nitrogen and oxygen atoms in total. The van der Waals surface area contributed by atoms with E-state index in [4.69, 9.17) is 5.11 Å². The van der Waals surface area contributed by atoms with E-state index in [1.165, 1.54) is 18.2 Å². The number of carboxylic acid groups (broad SMARTS) is 1. The highest BCUT2D eigenvalue weighted by molar-refractivity contribution is 6.05. The van der Waals surface area contributed by atoms with Gasteiger partial charge in [-0.25, -0.2) is 4.79 Å². The maximum atomic E-state index is 12.3. The standard InChI is InChI=1S/C20H22N2O5/c1-3-12(4-2)18(24)21-14-7-5-13(6-8-14)19(25)22-15-9-10-17(23)16(11-15)20(26)27/h5-12,23H,3-4H2,1-2H3,(H,21,24)(H,22,25)(H,26,27). The second-order valence-corrected chi connectivity index (χ2v) is 6.07. The molecule has 0 saturated carbocycles. The fourth-order valence-electron chi connectivity index (χ4n) is 2.60. The van der Waals surface area contributed by atoms with Crippen LogP contribution in [-0.4, -0.2) is 28.0 Å². The molecule has 0 aromatic heterocycles. The van der Waals surface area contributed by atoms with Crippen LogP contribution in [0, 0.1) is 5.92 Å². The van der Waals surface area contributed by atoms with E-state index in [-0.39, 0.29) is 28.8 Å². The monoisotopic (exact) mass is 370 g/mol. The Morgan fingerprint density at radius 3 is 2.07 bits per heavy atom. The van der Waals surface area contributed by atoms with Gasteiger partial charge in [-0.05, 0) is 55.3 Å². The van der Waals surface area contributed by atoms with Crippen LogP contribution in [0.25, 0.3) is 0 Å². The van der Waals surface area contributed by atoms with E-state index in [1.807, 2.05) is 13.8 Å². The van der Waals surface area contributed by atoms with E-state index in [2.05, 4.69) is 10.6 Å². The molecule has 0 unspecified atom stereocenters. The number of nitrogens with one attached hydrogen (secondary N) is 2. The third-order valence-corrected chi connectivity index (χ3v) is 4.26. The molecule has 0 bridgehead atoms. The third-order valence-electron chi connectivity index (χ3n) is 4.26. The minimum Gasteiger partial charge on any atom is -0.507 e.